The van der Waals surface area contributed by atoms with Crippen LogP contribution in [-0.2, 0) is 4.74 Å². The van der Waals surface area contributed by atoms with Crippen LogP contribution in [-0.4, -0.2) is 57.5 Å². The van der Waals surface area contributed by atoms with Gasteiger partial charge in [0.25, 0.3) is 0 Å². The van der Waals surface area contributed by atoms with Crippen molar-refractivity contribution in [3.05, 3.63) is 30.5 Å². The molecule has 1 saturated heterocycles. The van der Waals surface area contributed by atoms with E-state index in [9.17, 15) is 4.79 Å². The minimum Gasteiger partial charge on any atom is -0.382 e. The topological polar surface area (TPSA) is 88.1 Å². The summed E-state index contributed by atoms with van der Waals surface area (Å²) in [4.78, 5) is 21.5. The van der Waals surface area contributed by atoms with Crippen molar-refractivity contribution in [2.24, 2.45) is 0 Å². The number of ether oxygens (including phenoxy) is 1. The van der Waals surface area contributed by atoms with Crippen LogP contribution in [0.1, 0.15) is 37.4 Å². The van der Waals surface area contributed by atoms with Crippen molar-refractivity contribution < 1.29 is 9.53 Å². The smallest absolute Gasteiger partial charge is 0.323 e. The molecule has 3 heterocycles. The summed E-state index contributed by atoms with van der Waals surface area (Å²) in [6, 6.07) is 1.84. The number of hydrogen-bond acceptors (Lipinski definition) is 4. The van der Waals surface area contributed by atoms with E-state index in [1.165, 1.54) is 0 Å². The first-order valence-corrected chi connectivity index (χ1v) is 8.25. The Labute approximate surface area is 141 Å². The Balaban J connectivity index is 1.51. The van der Waals surface area contributed by atoms with Crippen LogP contribution >= 0.6 is 0 Å². The highest BCUT2D eigenvalue weighted by molar-refractivity contribution is 5.88. The van der Waals surface area contributed by atoms with Gasteiger partial charge in [-0.25, -0.2) is 9.78 Å². The number of imidazole rings is 1. The fraction of sp³-hybridized carbons (Fsp3) is 0.562. The summed E-state index contributed by atoms with van der Waals surface area (Å²) in [5.74, 6) is 1.02. The van der Waals surface area contributed by atoms with Gasteiger partial charge in [0, 0.05) is 50.3 Å². The zero-order chi connectivity index (χ0) is 16.9. The molecule has 1 fully saturated rings. The Morgan fingerprint density at radius 2 is 2.29 bits per heavy atom. The lowest BCUT2D eigenvalue weighted by Gasteiger charge is -2.31. The van der Waals surface area contributed by atoms with Crippen LogP contribution in [0, 0.1) is 0 Å². The molecule has 130 valence electrons. The maximum absolute atomic E-state index is 12.4. The van der Waals surface area contributed by atoms with Crippen molar-refractivity contribution in [3.8, 4) is 0 Å². The van der Waals surface area contributed by atoms with Crippen molar-refractivity contribution in [2.75, 3.05) is 32.1 Å². The molecule has 2 aromatic heterocycles. The average Bonchev–Trinajstić information content (AvgIpc) is 3.27. The van der Waals surface area contributed by atoms with Gasteiger partial charge in [0.1, 0.15) is 0 Å². The van der Waals surface area contributed by atoms with E-state index in [1.54, 1.807) is 24.2 Å². The van der Waals surface area contributed by atoms with E-state index in [0.717, 1.165) is 31.6 Å². The molecule has 8 nitrogen and oxygen atoms in total. The molecule has 2 N–H and O–H groups in total. The zero-order valence-electron chi connectivity index (χ0n) is 14.1. The second-order valence-corrected chi connectivity index (χ2v) is 6.18. The molecule has 24 heavy (non-hydrogen) atoms. The van der Waals surface area contributed by atoms with Crippen molar-refractivity contribution in [3.63, 3.8) is 0 Å². The quantitative estimate of drug-likeness (QED) is 0.879. The predicted molar refractivity (Wildman–Crippen MR) is 90.0 cm³/mol. The summed E-state index contributed by atoms with van der Waals surface area (Å²) < 4.78 is 6.92. The van der Waals surface area contributed by atoms with E-state index in [4.69, 9.17) is 4.74 Å². The van der Waals surface area contributed by atoms with Gasteiger partial charge in [0.05, 0.1) is 19.0 Å². The Hall–Kier alpha value is -2.35. The Kier molecular flexibility index (Phi) is 5.14. The van der Waals surface area contributed by atoms with Gasteiger partial charge in [-0.1, -0.05) is 0 Å². The number of carbonyl (C=O) groups excluding carboxylic acids is 1. The number of H-pyrrole nitrogens is 1. The standard InChI is InChI=1S/C16H24N6O2/c1-12(10-24-2)22-8-5-15(20-22)19-16(23)21-6-3-13(4-7-21)14-9-17-11-18-14/h5,8-9,11-13H,3-4,6-7,10H2,1-2H3,(H,17,18)(H,19,20,23). The van der Waals surface area contributed by atoms with E-state index in [-0.39, 0.29) is 12.1 Å². The number of nitrogens with zero attached hydrogens (tertiary/aromatic N) is 4. The van der Waals surface area contributed by atoms with E-state index in [2.05, 4.69) is 20.4 Å². The Morgan fingerprint density at radius 1 is 1.50 bits per heavy atom. The molecule has 0 bridgehead atoms. The first kappa shape index (κ1) is 16.5. The van der Waals surface area contributed by atoms with E-state index < -0.39 is 0 Å². The molecule has 0 saturated carbocycles. The third kappa shape index (κ3) is 3.76. The monoisotopic (exact) mass is 332 g/mol. The lowest BCUT2D eigenvalue weighted by atomic mass is 9.94. The molecule has 1 atom stereocenters. The normalized spacial score (nSPS) is 17.0. The van der Waals surface area contributed by atoms with Crippen LogP contribution in [0.5, 0.6) is 0 Å². The van der Waals surface area contributed by atoms with Gasteiger partial charge in [0.2, 0.25) is 0 Å². The maximum atomic E-state index is 12.4. The molecule has 0 aromatic carbocycles. The maximum Gasteiger partial charge on any atom is 0.323 e. The molecule has 3 rings (SSSR count). The first-order chi connectivity index (χ1) is 11.7. The van der Waals surface area contributed by atoms with Crippen molar-refractivity contribution >= 4 is 11.8 Å². The number of aromatic nitrogens is 4. The van der Waals surface area contributed by atoms with Crippen LogP contribution in [0.25, 0.3) is 0 Å². The largest absolute Gasteiger partial charge is 0.382 e. The van der Waals surface area contributed by atoms with Gasteiger partial charge in [-0.15, -0.1) is 0 Å². The molecule has 1 aliphatic rings. The molecule has 0 spiro atoms. The number of hydrogen-bond donors (Lipinski definition) is 2. The van der Waals surface area contributed by atoms with Crippen LogP contribution in [0.4, 0.5) is 10.6 Å². The summed E-state index contributed by atoms with van der Waals surface area (Å²) in [6.07, 6.45) is 7.30. The highest BCUT2D eigenvalue weighted by Crippen LogP contribution is 2.26. The first-order valence-electron chi connectivity index (χ1n) is 8.25. The molecular weight excluding hydrogens is 308 g/mol. The van der Waals surface area contributed by atoms with Crippen LogP contribution in [0.2, 0.25) is 0 Å². The van der Waals surface area contributed by atoms with Crippen LogP contribution in [0.15, 0.2) is 24.8 Å². The second kappa shape index (κ2) is 7.48. The van der Waals surface area contributed by atoms with Gasteiger partial charge in [-0.2, -0.15) is 5.10 Å². The summed E-state index contributed by atoms with van der Waals surface area (Å²) in [6.45, 7) is 4.06. The predicted octanol–water partition coefficient (Wildman–Crippen LogP) is 2.23. The zero-order valence-corrected chi connectivity index (χ0v) is 14.1. The number of methoxy groups -OCH3 is 1. The van der Waals surface area contributed by atoms with Gasteiger partial charge >= 0.3 is 6.03 Å². The number of urea groups is 1. The highest BCUT2D eigenvalue weighted by atomic mass is 16.5. The lowest BCUT2D eigenvalue weighted by Crippen LogP contribution is -2.40. The number of rotatable bonds is 5. The van der Waals surface area contributed by atoms with E-state index in [1.807, 2.05) is 24.2 Å². The molecule has 1 unspecified atom stereocenters. The van der Waals surface area contributed by atoms with Crippen molar-refractivity contribution in [2.45, 2.75) is 31.7 Å². The summed E-state index contributed by atoms with van der Waals surface area (Å²) in [5, 5.41) is 7.26. The third-order valence-electron chi connectivity index (χ3n) is 4.44. The molecule has 2 amide bonds. The van der Waals surface area contributed by atoms with Gasteiger partial charge in [-0.05, 0) is 19.8 Å². The van der Waals surface area contributed by atoms with Gasteiger partial charge < -0.3 is 14.6 Å². The van der Waals surface area contributed by atoms with Gasteiger partial charge in [0.15, 0.2) is 5.82 Å². The number of piperidine rings is 1. The van der Waals surface area contributed by atoms with Crippen LogP contribution in [0.3, 0.4) is 0 Å². The summed E-state index contributed by atoms with van der Waals surface area (Å²) in [7, 11) is 1.66. The second-order valence-electron chi connectivity index (χ2n) is 6.18. The molecule has 8 heteroatoms. The minimum atomic E-state index is -0.0947. The third-order valence-corrected chi connectivity index (χ3v) is 4.44. The van der Waals surface area contributed by atoms with E-state index in [0.29, 0.717) is 18.3 Å². The number of carbonyl (C=O) groups is 1. The number of nitrogens with one attached hydrogen (secondary N) is 2. The van der Waals surface area contributed by atoms with Crippen LogP contribution < -0.4 is 5.32 Å². The average molecular weight is 332 g/mol. The number of anilines is 1. The van der Waals surface area contributed by atoms with Gasteiger partial charge in [-0.3, -0.25) is 10.00 Å². The molecule has 1 aliphatic heterocycles. The fourth-order valence-electron chi connectivity index (χ4n) is 3.04. The van der Waals surface area contributed by atoms with Crippen molar-refractivity contribution in [1.82, 2.24) is 24.6 Å². The Morgan fingerprint density at radius 3 is 2.96 bits per heavy atom. The Bertz CT molecular complexity index is 645. The minimum absolute atomic E-state index is 0.0947. The molecule has 0 radical (unpaired) electrons. The number of amides is 2. The molecule has 0 aliphatic carbocycles. The molecular formula is C16H24N6O2. The molecule has 2 aromatic rings. The fourth-order valence-corrected chi connectivity index (χ4v) is 3.04. The van der Waals surface area contributed by atoms with E-state index >= 15 is 0 Å². The number of aromatic amines is 1. The lowest BCUT2D eigenvalue weighted by molar-refractivity contribution is 0.157. The summed E-state index contributed by atoms with van der Waals surface area (Å²) in [5.41, 5.74) is 1.15. The number of likely N-dealkylation sites (tertiary alicyclic amines) is 1. The SMILES string of the molecule is COCC(C)n1ccc(NC(=O)N2CCC(c3cnc[nH]3)CC2)n1. The highest BCUT2D eigenvalue weighted by Gasteiger charge is 2.25. The van der Waals surface area contributed by atoms with Crippen molar-refractivity contribution in [1.29, 1.82) is 0 Å². The summed E-state index contributed by atoms with van der Waals surface area (Å²) >= 11 is 0.